The molecule has 0 aliphatic rings. The molecule has 1 N–H and O–H groups in total. The lowest BCUT2D eigenvalue weighted by atomic mass is 10.1. The third kappa shape index (κ3) is 6.25. The molecule has 2 aromatic heterocycles. The van der Waals surface area contributed by atoms with Crippen molar-refractivity contribution in [2.24, 2.45) is 5.92 Å². The van der Waals surface area contributed by atoms with E-state index in [9.17, 15) is 9.59 Å². The number of thioether (sulfide) groups is 1. The molecule has 176 valence electrons. The van der Waals surface area contributed by atoms with Crippen molar-refractivity contribution in [2.45, 2.75) is 51.1 Å². The fourth-order valence-electron chi connectivity index (χ4n) is 3.45. The molecule has 3 rings (SSSR count). The van der Waals surface area contributed by atoms with Gasteiger partial charge in [-0.3, -0.25) is 14.2 Å². The van der Waals surface area contributed by atoms with Crippen LogP contribution in [0.5, 0.6) is 0 Å². The van der Waals surface area contributed by atoms with Gasteiger partial charge >= 0.3 is 0 Å². The van der Waals surface area contributed by atoms with Crippen LogP contribution in [-0.2, 0) is 22.6 Å². The van der Waals surface area contributed by atoms with Crippen LogP contribution in [0.1, 0.15) is 33.3 Å². The zero-order valence-electron chi connectivity index (χ0n) is 19.7. The van der Waals surface area contributed by atoms with Crippen LogP contribution in [0.2, 0.25) is 0 Å². The molecule has 0 aliphatic heterocycles. The Morgan fingerprint density at radius 3 is 2.58 bits per heavy atom. The molecule has 0 spiro atoms. The Morgan fingerprint density at radius 1 is 1.15 bits per heavy atom. The highest BCUT2D eigenvalue weighted by atomic mass is 32.2. The Kier molecular flexibility index (Phi) is 8.32. The average molecular weight is 470 g/mol. The predicted molar refractivity (Wildman–Crippen MR) is 130 cm³/mol. The van der Waals surface area contributed by atoms with E-state index in [0.717, 1.165) is 17.7 Å². The van der Waals surface area contributed by atoms with E-state index < -0.39 is 5.25 Å². The number of nitrogens with zero attached hydrogens (tertiary/aromatic N) is 4. The van der Waals surface area contributed by atoms with Crippen molar-refractivity contribution in [3.8, 4) is 11.6 Å². The van der Waals surface area contributed by atoms with E-state index in [1.807, 2.05) is 54.8 Å². The van der Waals surface area contributed by atoms with E-state index in [2.05, 4.69) is 29.4 Å². The molecule has 1 aromatic carbocycles. The van der Waals surface area contributed by atoms with Gasteiger partial charge in [-0.1, -0.05) is 50.7 Å². The number of likely N-dealkylation sites (N-methyl/N-ethyl adjacent to an activating group) is 1. The Labute approximate surface area is 198 Å². The molecule has 8 nitrogen and oxygen atoms in total. The molecule has 0 bridgehead atoms. The first kappa shape index (κ1) is 24.6. The summed E-state index contributed by atoms with van der Waals surface area (Å²) in [6, 6.07) is 11.3. The first-order valence-corrected chi connectivity index (χ1v) is 11.9. The summed E-state index contributed by atoms with van der Waals surface area (Å²) in [6.07, 6.45) is 2.41. The molecule has 1 unspecified atom stereocenters. The third-order valence-corrected chi connectivity index (χ3v) is 6.13. The molecule has 0 radical (unpaired) electrons. The molecule has 0 fully saturated rings. The van der Waals surface area contributed by atoms with E-state index in [-0.39, 0.29) is 18.4 Å². The zero-order chi connectivity index (χ0) is 24.0. The number of anilines is 1. The quantitative estimate of drug-likeness (QED) is 0.444. The van der Waals surface area contributed by atoms with E-state index >= 15 is 0 Å². The van der Waals surface area contributed by atoms with Crippen LogP contribution in [0.25, 0.3) is 11.6 Å². The van der Waals surface area contributed by atoms with Crippen LogP contribution in [0, 0.1) is 5.92 Å². The van der Waals surface area contributed by atoms with Gasteiger partial charge in [0, 0.05) is 19.3 Å². The number of hydrogen-bond donors (Lipinski definition) is 1. The fraction of sp³-hybridized carbons (Fsp3) is 0.417. The van der Waals surface area contributed by atoms with Crippen molar-refractivity contribution < 1.29 is 14.0 Å². The summed E-state index contributed by atoms with van der Waals surface area (Å²) in [5.74, 6) is 1.25. The van der Waals surface area contributed by atoms with Crippen molar-refractivity contribution >= 4 is 29.3 Å². The minimum absolute atomic E-state index is 0.0297. The number of carbonyl (C=O) groups is 2. The van der Waals surface area contributed by atoms with E-state index in [0.29, 0.717) is 29.2 Å². The van der Waals surface area contributed by atoms with Crippen molar-refractivity contribution in [1.82, 2.24) is 19.7 Å². The van der Waals surface area contributed by atoms with Crippen molar-refractivity contribution in [2.75, 3.05) is 18.9 Å². The second-order valence-corrected chi connectivity index (χ2v) is 9.61. The number of aromatic nitrogens is 3. The summed E-state index contributed by atoms with van der Waals surface area (Å²) >= 11 is 1.33. The van der Waals surface area contributed by atoms with Gasteiger partial charge < -0.3 is 14.6 Å². The van der Waals surface area contributed by atoms with Gasteiger partial charge in [0.15, 0.2) is 16.7 Å². The number of rotatable bonds is 10. The molecule has 2 heterocycles. The van der Waals surface area contributed by atoms with Crippen LogP contribution in [0.15, 0.2) is 52.2 Å². The van der Waals surface area contributed by atoms with Crippen molar-refractivity contribution in [3.05, 3.63) is 48.2 Å². The molecule has 0 aliphatic carbocycles. The first-order chi connectivity index (χ1) is 15.8. The number of amides is 2. The molecule has 1 atom stereocenters. The lowest BCUT2D eigenvalue weighted by Crippen LogP contribution is -2.39. The average Bonchev–Trinajstić information content (AvgIpc) is 3.43. The fourth-order valence-corrected chi connectivity index (χ4v) is 4.42. The largest absolute Gasteiger partial charge is 0.461 e. The molecule has 9 heteroatoms. The predicted octanol–water partition coefficient (Wildman–Crippen LogP) is 4.33. The van der Waals surface area contributed by atoms with Crippen molar-refractivity contribution in [1.29, 1.82) is 0 Å². The Hall–Kier alpha value is -3.07. The molecule has 2 amide bonds. The van der Waals surface area contributed by atoms with Gasteiger partial charge in [-0.05, 0) is 43.0 Å². The van der Waals surface area contributed by atoms with Gasteiger partial charge in [0.1, 0.15) is 0 Å². The van der Waals surface area contributed by atoms with Crippen LogP contribution in [-0.4, -0.2) is 50.3 Å². The first-order valence-electron chi connectivity index (χ1n) is 11.1. The number of carbonyl (C=O) groups excluding carboxylic acids is 2. The maximum Gasteiger partial charge on any atom is 0.243 e. The number of benzene rings is 1. The summed E-state index contributed by atoms with van der Waals surface area (Å²) in [5, 5.41) is 11.7. The topological polar surface area (TPSA) is 93.3 Å². The summed E-state index contributed by atoms with van der Waals surface area (Å²) in [5.41, 5.74) is 1.83. The van der Waals surface area contributed by atoms with Gasteiger partial charge in [-0.25, -0.2) is 0 Å². The minimum atomic E-state index is -0.440. The summed E-state index contributed by atoms with van der Waals surface area (Å²) in [7, 11) is 1.64. The molecule has 0 saturated carbocycles. The normalized spacial score (nSPS) is 12.1. The summed E-state index contributed by atoms with van der Waals surface area (Å²) in [4.78, 5) is 27.0. The van der Waals surface area contributed by atoms with Gasteiger partial charge in [-0.2, -0.15) is 0 Å². The number of furan rings is 1. The number of para-hydroxylation sites is 1. The second-order valence-electron chi connectivity index (χ2n) is 8.30. The highest BCUT2D eigenvalue weighted by Crippen LogP contribution is 2.28. The monoisotopic (exact) mass is 469 g/mol. The van der Waals surface area contributed by atoms with E-state index in [1.165, 1.54) is 16.7 Å². The lowest BCUT2D eigenvalue weighted by molar-refractivity contribution is -0.132. The van der Waals surface area contributed by atoms with Crippen LogP contribution in [0.3, 0.4) is 0 Å². The Bertz CT molecular complexity index is 1080. The Morgan fingerprint density at radius 2 is 1.91 bits per heavy atom. The maximum absolute atomic E-state index is 13.0. The highest BCUT2D eigenvalue weighted by molar-refractivity contribution is 8.00. The molecule has 33 heavy (non-hydrogen) atoms. The lowest BCUT2D eigenvalue weighted by Gasteiger charge is -2.21. The zero-order valence-corrected chi connectivity index (χ0v) is 20.6. The van der Waals surface area contributed by atoms with Gasteiger partial charge in [0.25, 0.3) is 0 Å². The standard InChI is InChI=1S/C24H31N5O3S/c1-6-18-10-7-8-11-19(18)25-21(30)15-28(5)23(31)17(4)33-24-27-26-22(20-12-9-13-32-20)29(24)14-16(2)3/h7-13,16-17H,6,14-15H2,1-5H3,(H,25,30). The maximum atomic E-state index is 13.0. The minimum Gasteiger partial charge on any atom is -0.461 e. The van der Waals surface area contributed by atoms with E-state index in [4.69, 9.17) is 4.42 Å². The second kappa shape index (κ2) is 11.2. The van der Waals surface area contributed by atoms with Crippen molar-refractivity contribution in [3.63, 3.8) is 0 Å². The van der Waals surface area contributed by atoms with Crippen LogP contribution >= 0.6 is 11.8 Å². The molecule has 0 saturated heterocycles. The van der Waals surface area contributed by atoms with Gasteiger partial charge in [0.05, 0.1) is 18.1 Å². The summed E-state index contributed by atoms with van der Waals surface area (Å²) < 4.78 is 7.48. The SMILES string of the molecule is CCc1ccccc1NC(=O)CN(C)C(=O)C(C)Sc1nnc(-c2ccco2)n1CC(C)C. The molecule has 3 aromatic rings. The van der Waals surface area contributed by atoms with E-state index in [1.54, 1.807) is 13.3 Å². The molecular formula is C24H31N5O3S. The number of nitrogens with one attached hydrogen (secondary N) is 1. The van der Waals surface area contributed by atoms with Crippen LogP contribution in [0.4, 0.5) is 5.69 Å². The van der Waals surface area contributed by atoms with Gasteiger partial charge in [0.2, 0.25) is 11.8 Å². The highest BCUT2D eigenvalue weighted by Gasteiger charge is 2.25. The molecular weight excluding hydrogens is 438 g/mol. The third-order valence-electron chi connectivity index (χ3n) is 5.07. The number of aryl methyl sites for hydroxylation is 1. The Balaban J connectivity index is 1.65. The number of hydrogen-bond acceptors (Lipinski definition) is 6. The van der Waals surface area contributed by atoms with Gasteiger partial charge in [-0.15, -0.1) is 10.2 Å². The van der Waals surface area contributed by atoms with Crippen LogP contribution < -0.4 is 5.32 Å². The smallest absolute Gasteiger partial charge is 0.243 e. The summed E-state index contributed by atoms with van der Waals surface area (Å²) in [6.45, 7) is 8.74.